The van der Waals surface area contributed by atoms with E-state index in [1.165, 1.54) is 0 Å². The Morgan fingerprint density at radius 3 is 2.70 bits per heavy atom. The third-order valence-corrected chi connectivity index (χ3v) is 3.26. The first kappa shape index (κ1) is 14.3. The molecule has 20 heavy (non-hydrogen) atoms. The van der Waals surface area contributed by atoms with Crippen LogP contribution in [0.15, 0.2) is 34.4 Å². The van der Waals surface area contributed by atoms with Gasteiger partial charge in [0.15, 0.2) is 0 Å². The Hall–Kier alpha value is -2.12. The first-order valence-electron chi connectivity index (χ1n) is 5.98. The normalized spacial score (nSPS) is 10.2. The lowest BCUT2D eigenvalue weighted by atomic mass is 10.3. The first-order chi connectivity index (χ1) is 9.67. The first-order valence-corrected chi connectivity index (χ1v) is 6.86. The number of methoxy groups -OCH3 is 1. The molecule has 0 bridgehead atoms. The second kappa shape index (κ2) is 6.88. The smallest absolute Gasteiger partial charge is 0.304 e. The molecule has 2 rings (SSSR count). The summed E-state index contributed by atoms with van der Waals surface area (Å²) in [6, 6.07) is 7.10. The number of nitrogens with one attached hydrogen (secondary N) is 3. The molecule has 1 amide bonds. The van der Waals surface area contributed by atoms with E-state index >= 15 is 0 Å². The summed E-state index contributed by atoms with van der Waals surface area (Å²) < 4.78 is 5.04. The number of aromatic amines is 1. The van der Waals surface area contributed by atoms with Gasteiger partial charge in [0, 0.05) is 23.3 Å². The standard InChI is InChI=1S/C13H15N3O3S/c1-19-11-4-2-9(3-5-11)15-12(17)7-14-6-10-8-20-13(18)16-10/h2-5,8,14H,6-7H2,1H3,(H,15,17)(H,16,18). The highest BCUT2D eigenvalue weighted by Crippen LogP contribution is 2.14. The van der Waals surface area contributed by atoms with Crippen molar-refractivity contribution in [2.45, 2.75) is 6.54 Å². The third-order valence-electron chi connectivity index (χ3n) is 2.55. The number of rotatable bonds is 6. The number of hydrogen-bond acceptors (Lipinski definition) is 5. The molecule has 1 heterocycles. The van der Waals surface area contributed by atoms with Gasteiger partial charge in [0.25, 0.3) is 0 Å². The van der Waals surface area contributed by atoms with Gasteiger partial charge < -0.3 is 20.4 Å². The number of thiazole rings is 1. The van der Waals surface area contributed by atoms with Crippen LogP contribution in [0.5, 0.6) is 5.75 Å². The molecule has 106 valence electrons. The monoisotopic (exact) mass is 293 g/mol. The van der Waals surface area contributed by atoms with Crippen LogP contribution in [0.1, 0.15) is 5.69 Å². The zero-order chi connectivity index (χ0) is 14.4. The van der Waals surface area contributed by atoms with E-state index in [1.807, 2.05) is 0 Å². The fraction of sp³-hybridized carbons (Fsp3) is 0.231. The van der Waals surface area contributed by atoms with Gasteiger partial charge in [-0.2, -0.15) is 0 Å². The summed E-state index contributed by atoms with van der Waals surface area (Å²) in [5.41, 5.74) is 1.48. The number of hydrogen-bond donors (Lipinski definition) is 3. The summed E-state index contributed by atoms with van der Waals surface area (Å²) in [4.78, 5) is 25.2. The lowest BCUT2D eigenvalue weighted by Gasteiger charge is -2.07. The van der Waals surface area contributed by atoms with E-state index in [1.54, 1.807) is 36.8 Å². The second-order valence-corrected chi connectivity index (χ2v) is 4.90. The van der Waals surface area contributed by atoms with Crippen molar-refractivity contribution in [1.82, 2.24) is 10.3 Å². The number of amides is 1. The minimum atomic E-state index is -0.146. The van der Waals surface area contributed by atoms with Crippen LogP contribution in [0.4, 0.5) is 5.69 Å². The predicted molar refractivity (Wildman–Crippen MR) is 78.3 cm³/mol. The molecular weight excluding hydrogens is 278 g/mol. The molecule has 0 aliphatic heterocycles. The van der Waals surface area contributed by atoms with Gasteiger partial charge >= 0.3 is 4.87 Å². The van der Waals surface area contributed by atoms with E-state index in [9.17, 15) is 9.59 Å². The lowest BCUT2D eigenvalue weighted by molar-refractivity contribution is -0.115. The number of anilines is 1. The summed E-state index contributed by atoms with van der Waals surface area (Å²) in [6.07, 6.45) is 0. The minimum absolute atomic E-state index is 0.0931. The zero-order valence-electron chi connectivity index (χ0n) is 10.9. The molecule has 0 atom stereocenters. The molecular formula is C13H15N3O3S. The SMILES string of the molecule is COc1ccc(NC(=O)CNCc2csc(=O)[nH]2)cc1. The van der Waals surface area contributed by atoms with Gasteiger partial charge in [-0.05, 0) is 24.3 Å². The molecule has 0 saturated carbocycles. The average molecular weight is 293 g/mol. The molecule has 0 unspecified atom stereocenters. The maximum Gasteiger partial charge on any atom is 0.304 e. The molecule has 0 fully saturated rings. The van der Waals surface area contributed by atoms with Gasteiger partial charge in [-0.1, -0.05) is 11.3 Å². The molecule has 2 aromatic rings. The Balaban J connectivity index is 1.75. The fourth-order valence-corrected chi connectivity index (χ4v) is 2.17. The van der Waals surface area contributed by atoms with Crippen LogP contribution in [0.25, 0.3) is 0 Å². The quantitative estimate of drug-likeness (QED) is 0.746. The summed E-state index contributed by atoms with van der Waals surface area (Å²) in [5, 5.41) is 7.45. The van der Waals surface area contributed by atoms with E-state index < -0.39 is 0 Å². The van der Waals surface area contributed by atoms with Gasteiger partial charge in [0.2, 0.25) is 5.91 Å². The van der Waals surface area contributed by atoms with E-state index in [4.69, 9.17) is 4.74 Å². The van der Waals surface area contributed by atoms with Crippen molar-refractivity contribution in [1.29, 1.82) is 0 Å². The van der Waals surface area contributed by atoms with Gasteiger partial charge in [-0.3, -0.25) is 9.59 Å². The summed E-state index contributed by atoms with van der Waals surface area (Å²) >= 11 is 1.11. The van der Waals surface area contributed by atoms with Crippen LogP contribution in [-0.4, -0.2) is 24.5 Å². The van der Waals surface area contributed by atoms with Crippen LogP contribution < -0.4 is 20.2 Å². The van der Waals surface area contributed by atoms with E-state index in [2.05, 4.69) is 15.6 Å². The van der Waals surface area contributed by atoms with Crippen molar-refractivity contribution in [3.8, 4) is 5.75 Å². The van der Waals surface area contributed by atoms with E-state index in [0.29, 0.717) is 12.2 Å². The number of ether oxygens (including phenoxy) is 1. The Labute approximate surface area is 119 Å². The van der Waals surface area contributed by atoms with Gasteiger partial charge in [0.1, 0.15) is 5.75 Å². The second-order valence-electron chi connectivity index (χ2n) is 4.05. The molecule has 6 nitrogen and oxygen atoms in total. The third kappa shape index (κ3) is 4.22. The van der Waals surface area contributed by atoms with Crippen LogP contribution in [-0.2, 0) is 11.3 Å². The molecule has 1 aromatic carbocycles. The minimum Gasteiger partial charge on any atom is -0.497 e. The van der Waals surface area contributed by atoms with Crippen molar-refractivity contribution in [3.63, 3.8) is 0 Å². The average Bonchev–Trinajstić information content (AvgIpc) is 2.85. The van der Waals surface area contributed by atoms with Crippen LogP contribution in [0.2, 0.25) is 0 Å². The molecule has 0 radical (unpaired) electrons. The van der Waals surface area contributed by atoms with Crippen molar-refractivity contribution in [2.24, 2.45) is 0 Å². The Kier molecular flexibility index (Phi) is 4.91. The molecule has 3 N–H and O–H groups in total. The number of carbonyl (C=O) groups excluding carboxylic acids is 1. The predicted octanol–water partition coefficient (Wildman–Crippen LogP) is 1.17. The highest BCUT2D eigenvalue weighted by Gasteiger charge is 2.03. The highest BCUT2D eigenvalue weighted by atomic mass is 32.1. The van der Waals surface area contributed by atoms with Crippen molar-refractivity contribution < 1.29 is 9.53 Å². The van der Waals surface area contributed by atoms with Gasteiger partial charge in [0.05, 0.1) is 13.7 Å². The van der Waals surface area contributed by atoms with Crippen molar-refractivity contribution >= 4 is 22.9 Å². The van der Waals surface area contributed by atoms with Crippen molar-refractivity contribution in [3.05, 3.63) is 45.0 Å². The summed E-state index contributed by atoms with van der Waals surface area (Å²) in [6.45, 7) is 0.624. The summed E-state index contributed by atoms with van der Waals surface area (Å²) in [5.74, 6) is 0.593. The van der Waals surface area contributed by atoms with Crippen molar-refractivity contribution in [2.75, 3.05) is 19.0 Å². The van der Waals surface area contributed by atoms with E-state index in [-0.39, 0.29) is 17.3 Å². The maximum absolute atomic E-state index is 11.7. The Morgan fingerprint density at radius 1 is 1.35 bits per heavy atom. The zero-order valence-corrected chi connectivity index (χ0v) is 11.8. The van der Waals surface area contributed by atoms with Crippen LogP contribution in [0.3, 0.4) is 0 Å². The summed E-state index contributed by atoms with van der Waals surface area (Å²) in [7, 11) is 1.59. The molecule has 0 spiro atoms. The fourth-order valence-electron chi connectivity index (χ4n) is 1.59. The van der Waals surface area contributed by atoms with Crippen LogP contribution >= 0.6 is 11.3 Å². The maximum atomic E-state index is 11.7. The Bertz CT molecular complexity index is 618. The molecule has 0 aliphatic carbocycles. The molecule has 0 aliphatic rings. The number of H-pyrrole nitrogens is 1. The molecule has 7 heteroatoms. The van der Waals surface area contributed by atoms with Gasteiger partial charge in [-0.25, -0.2) is 0 Å². The topological polar surface area (TPSA) is 83.2 Å². The number of aromatic nitrogens is 1. The van der Waals surface area contributed by atoms with Gasteiger partial charge in [-0.15, -0.1) is 0 Å². The van der Waals surface area contributed by atoms with Crippen LogP contribution in [0, 0.1) is 0 Å². The number of carbonyl (C=O) groups is 1. The molecule has 1 aromatic heterocycles. The molecule has 0 saturated heterocycles. The lowest BCUT2D eigenvalue weighted by Crippen LogP contribution is -2.27. The largest absolute Gasteiger partial charge is 0.497 e. The van der Waals surface area contributed by atoms with E-state index in [0.717, 1.165) is 22.8 Å². The highest BCUT2D eigenvalue weighted by molar-refractivity contribution is 7.07. The number of benzene rings is 1. The Morgan fingerprint density at radius 2 is 2.10 bits per heavy atom.